The van der Waals surface area contributed by atoms with Crippen LogP contribution in [0.2, 0.25) is 0 Å². The summed E-state index contributed by atoms with van der Waals surface area (Å²) in [5.74, 6) is 0. The average molecular weight is 436 g/mol. The lowest BCUT2D eigenvalue weighted by Crippen LogP contribution is -2.37. The molecule has 3 heteroatoms. The Morgan fingerprint density at radius 1 is 0.720 bits per heavy atom. The molecule has 0 fully saturated rings. The molecule has 0 unspecified atom stereocenters. The van der Waals surface area contributed by atoms with E-state index < -0.39 is 5.54 Å². The van der Waals surface area contributed by atoms with Gasteiger partial charge in [0.25, 0.3) is 0 Å². The van der Waals surface area contributed by atoms with Crippen molar-refractivity contribution in [2.24, 2.45) is 0 Å². The van der Waals surface area contributed by atoms with E-state index in [-0.39, 0.29) is 0 Å². The van der Waals surface area contributed by atoms with Crippen molar-refractivity contribution in [1.82, 2.24) is 9.55 Å². The average Bonchev–Trinajstić information content (AvgIpc) is 3.21. The van der Waals surface area contributed by atoms with Crippen molar-refractivity contribution in [3.05, 3.63) is 124 Å². The topological polar surface area (TPSA) is 17.8 Å². The normalized spacial score (nSPS) is 11.4. The highest BCUT2D eigenvalue weighted by atomic mass is 127. The monoisotopic (exact) mass is 436 g/mol. The van der Waals surface area contributed by atoms with Crippen LogP contribution in [0.25, 0.3) is 0 Å². The van der Waals surface area contributed by atoms with Crippen LogP contribution in [0, 0.1) is 3.57 Å². The van der Waals surface area contributed by atoms with Crippen molar-refractivity contribution in [3.63, 3.8) is 0 Å². The van der Waals surface area contributed by atoms with E-state index in [1.807, 2.05) is 18.7 Å². The Kier molecular flexibility index (Phi) is 4.40. The minimum absolute atomic E-state index is 0.462. The number of imidazole rings is 1. The summed E-state index contributed by atoms with van der Waals surface area (Å²) in [6.07, 6.45) is 5.79. The molecule has 0 radical (unpaired) electrons. The molecule has 0 aliphatic carbocycles. The third-order valence-electron chi connectivity index (χ3n) is 4.54. The summed E-state index contributed by atoms with van der Waals surface area (Å²) < 4.78 is 3.43. The molecular weight excluding hydrogens is 419 g/mol. The standard InChI is InChI=1S/C22H17IN2/c23-21-14-8-7-13-20(21)22(25-16-15-24-17-25,18-9-3-1-4-10-18)19-11-5-2-6-12-19/h1-17H. The first-order valence-corrected chi connectivity index (χ1v) is 9.26. The van der Waals surface area contributed by atoms with E-state index in [2.05, 4.69) is 117 Å². The van der Waals surface area contributed by atoms with E-state index >= 15 is 0 Å². The molecule has 0 bridgehead atoms. The first-order valence-electron chi connectivity index (χ1n) is 8.18. The van der Waals surface area contributed by atoms with Crippen LogP contribution in [-0.2, 0) is 5.54 Å². The van der Waals surface area contributed by atoms with Crippen LogP contribution in [0.5, 0.6) is 0 Å². The van der Waals surface area contributed by atoms with Gasteiger partial charge >= 0.3 is 0 Å². The van der Waals surface area contributed by atoms with E-state index in [9.17, 15) is 0 Å². The molecule has 4 aromatic rings. The van der Waals surface area contributed by atoms with Crippen molar-refractivity contribution in [2.75, 3.05) is 0 Å². The largest absolute Gasteiger partial charge is 0.319 e. The van der Waals surface area contributed by atoms with Crippen LogP contribution in [0.1, 0.15) is 16.7 Å². The minimum atomic E-state index is -0.462. The van der Waals surface area contributed by atoms with Crippen LogP contribution in [-0.4, -0.2) is 9.55 Å². The predicted octanol–water partition coefficient (Wildman–Crippen LogP) is 5.33. The number of hydrogen-bond donors (Lipinski definition) is 0. The molecule has 25 heavy (non-hydrogen) atoms. The first kappa shape index (κ1) is 16.1. The molecule has 0 amide bonds. The number of halogens is 1. The predicted molar refractivity (Wildman–Crippen MR) is 110 cm³/mol. The second-order valence-corrected chi connectivity index (χ2v) is 7.05. The molecule has 2 nitrogen and oxygen atoms in total. The van der Waals surface area contributed by atoms with Crippen LogP contribution in [0.15, 0.2) is 104 Å². The van der Waals surface area contributed by atoms with Gasteiger partial charge in [0.15, 0.2) is 0 Å². The number of nitrogens with zero attached hydrogens (tertiary/aromatic N) is 2. The number of rotatable bonds is 4. The summed E-state index contributed by atoms with van der Waals surface area (Å²) in [6.45, 7) is 0. The highest BCUT2D eigenvalue weighted by molar-refractivity contribution is 14.1. The van der Waals surface area contributed by atoms with E-state index in [0.29, 0.717) is 0 Å². The van der Waals surface area contributed by atoms with Gasteiger partial charge in [0.05, 0.1) is 6.33 Å². The Labute approximate surface area is 161 Å². The molecule has 0 aliphatic rings. The quantitative estimate of drug-likeness (QED) is 0.313. The Morgan fingerprint density at radius 3 is 1.80 bits per heavy atom. The Balaban J connectivity index is 2.15. The van der Waals surface area contributed by atoms with Gasteiger partial charge in [-0.3, -0.25) is 0 Å². The van der Waals surface area contributed by atoms with Gasteiger partial charge in [0.1, 0.15) is 5.54 Å². The van der Waals surface area contributed by atoms with Crippen molar-refractivity contribution in [2.45, 2.75) is 5.54 Å². The number of aromatic nitrogens is 2. The van der Waals surface area contributed by atoms with Crippen LogP contribution >= 0.6 is 22.6 Å². The van der Waals surface area contributed by atoms with E-state index in [1.54, 1.807) is 0 Å². The molecule has 0 spiro atoms. The molecule has 0 saturated carbocycles. The fraction of sp³-hybridized carbons (Fsp3) is 0.0455. The lowest BCUT2D eigenvalue weighted by molar-refractivity contribution is 0.512. The molecule has 3 aromatic carbocycles. The van der Waals surface area contributed by atoms with Crippen LogP contribution < -0.4 is 0 Å². The molecule has 0 N–H and O–H groups in total. The fourth-order valence-electron chi connectivity index (χ4n) is 3.49. The second kappa shape index (κ2) is 6.84. The lowest BCUT2D eigenvalue weighted by Gasteiger charge is -2.38. The van der Waals surface area contributed by atoms with E-state index in [4.69, 9.17) is 0 Å². The van der Waals surface area contributed by atoms with Crippen LogP contribution in [0.3, 0.4) is 0 Å². The molecular formula is C22H17IN2. The fourth-order valence-corrected chi connectivity index (χ4v) is 4.26. The molecule has 122 valence electrons. The highest BCUT2D eigenvalue weighted by Gasteiger charge is 2.39. The summed E-state index contributed by atoms with van der Waals surface area (Å²) in [6, 6.07) is 29.8. The third-order valence-corrected chi connectivity index (χ3v) is 5.48. The molecule has 0 aliphatic heterocycles. The van der Waals surface area contributed by atoms with Gasteiger partial charge in [-0.05, 0) is 39.8 Å². The minimum Gasteiger partial charge on any atom is -0.319 e. The zero-order chi connectivity index (χ0) is 17.1. The van der Waals surface area contributed by atoms with Crippen molar-refractivity contribution >= 4 is 22.6 Å². The van der Waals surface area contributed by atoms with Crippen molar-refractivity contribution in [3.8, 4) is 0 Å². The zero-order valence-electron chi connectivity index (χ0n) is 13.6. The van der Waals surface area contributed by atoms with E-state index in [1.165, 1.54) is 20.3 Å². The van der Waals surface area contributed by atoms with Crippen molar-refractivity contribution in [1.29, 1.82) is 0 Å². The summed E-state index contributed by atoms with van der Waals surface area (Å²) in [7, 11) is 0. The Morgan fingerprint density at radius 2 is 1.28 bits per heavy atom. The van der Waals surface area contributed by atoms with Gasteiger partial charge in [-0.2, -0.15) is 0 Å². The van der Waals surface area contributed by atoms with Gasteiger partial charge < -0.3 is 4.57 Å². The summed E-state index contributed by atoms with van der Waals surface area (Å²) in [5, 5.41) is 0. The maximum absolute atomic E-state index is 4.35. The van der Waals surface area contributed by atoms with Gasteiger partial charge in [-0.1, -0.05) is 78.9 Å². The maximum Gasteiger partial charge on any atom is 0.122 e. The number of benzene rings is 3. The lowest BCUT2D eigenvalue weighted by atomic mass is 9.77. The highest BCUT2D eigenvalue weighted by Crippen LogP contribution is 2.42. The molecule has 1 heterocycles. The first-order chi connectivity index (χ1) is 12.3. The second-order valence-electron chi connectivity index (χ2n) is 5.89. The smallest absolute Gasteiger partial charge is 0.122 e. The number of hydrogen-bond acceptors (Lipinski definition) is 1. The summed E-state index contributed by atoms with van der Waals surface area (Å²) in [4.78, 5) is 4.35. The zero-order valence-corrected chi connectivity index (χ0v) is 15.7. The maximum atomic E-state index is 4.35. The van der Waals surface area contributed by atoms with E-state index in [0.717, 1.165) is 0 Å². The van der Waals surface area contributed by atoms with Gasteiger partial charge in [-0.15, -0.1) is 0 Å². The van der Waals surface area contributed by atoms with Gasteiger partial charge in [-0.25, -0.2) is 4.98 Å². The summed E-state index contributed by atoms with van der Waals surface area (Å²) in [5.41, 5.74) is 3.20. The molecule has 0 atom stereocenters. The Hall–Kier alpha value is -2.40. The van der Waals surface area contributed by atoms with Gasteiger partial charge in [0.2, 0.25) is 0 Å². The molecule has 4 rings (SSSR count). The van der Waals surface area contributed by atoms with Crippen LogP contribution in [0.4, 0.5) is 0 Å². The van der Waals surface area contributed by atoms with Crippen molar-refractivity contribution < 1.29 is 0 Å². The summed E-state index contributed by atoms with van der Waals surface area (Å²) >= 11 is 2.43. The molecule has 0 saturated heterocycles. The SMILES string of the molecule is Ic1ccccc1C(c1ccccc1)(c1ccccc1)n1ccnc1. The van der Waals surface area contributed by atoms with Gasteiger partial charge in [0, 0.05) is 21.5 Å². The third kappa shape index (κ3) is 2.68. The Bertz CT molecular complexity index is 908. The molecule has 1 aromatic heterocycles.